The minimum atomic E-state index is -0.0683. The Morgan fingerprint density at radius 2 is 1.92 bits per heavy atom. The zero-order valence-corrected chi connectivity index (χ0v) is 8.48. The van der Waals surface area contributed by atoms with Crippen molar-refractivity contribution in [3.8, 4) is 0 Å². The maximum atomic E-state index is 3.79. The second-order valence-corrected chi connectivity index (χ2v) is 3.10. The molecule has 1 radical (unpaired) electrons. The fraction of sp³-hybridized carbons (Fsp3) is 0.700. The molecule has 2 N–H and O–H groups in total. The van der Waals surface area contributed by atoms with Gasteiger partial charge in [0.25, 0.3) is 0 Å². The predicted molar refractivity (Wildman–Crippen MR) is 54.9 cm³/mol. The lowest BCUT2D eigenvalue weighted by molar-refractivity contribution is 0.412. The number of hydrogen-bond donors (Lipinski definition) is 2. The molecule has 0 saturated carbocycles. The molecule has 0 rings (SSSR count). The van der Waals surface area contributed by atoms with E-state index < -0.39 is 0 Å². The van der Waals surface area contributed by atoms with Crippen molar-refractivity contribution >= 4 is 0 Å². The van der Waals surface area contributed by atoms with Crippen LogP contribution in [-0.2, 0) is 0 Å². The van der Waals surface area contributed by atoms with Gasteiger partial charge in [0.2, 0.25) is 0 Å². The minimum absolute atomic E-state index is 0.0683. The molecule has 12 heavy (non-hydrogen) atoms. The fourth-order valence-corrected chi connectivity index (χ4v) is 0.873. The highest BCUT2D eigenvalue weighted by molar-refractivity contribution is 5.00. The molecule has 0 aliphatic carbocycles. The van der Waals surface area contributed by atoms with Crippen LogP contribution in [0, 0.1) is 6.92 Å². The molecule has 0 saturated heterocycles. The quantitative estimate of drug-likeness (QED) is 0.359. The van der Waals surface area contributed by atoms with E-state index in [-0.39, 0.29) is 5.66 Å². The highest BCUT2D eigenvalue weighted by atomic mass is 15.1. The van der Waals surface area contributed by atoms with E-state index in [9.17, 15) is 0 Å². The minimum Gasteiger partial charge on any atom is -0.299 e. The number of hydrogen-bond acceptors (Lipinski definition) is 2. The smallest absolute Gasteiger partial charge is 0.0844 e. The largest absolute Gasteiger partial charge is 0.299 e. The third-order valence-corrected chi connectivity index (χ3v) is 2.11. The highest BCUT2D eigenvalue weighted by Gasteiger charge is 2.12. The van der Waals surface area contributed by atoms with Gasteiger partial charge in [0.05, 0.1) is 5.66 Å². The Bertz CT molecular complexity index is 126. The van der Waals surface area contributed by atoms with Crippen LogP contribution in [0.5, 0.6) is 0 Å². The van der Waals surface area contributed by atoms with E-state index in [1.807, 2.05) is 14.1 Å². The van der Waals surface area contributed by atoms with Crippen molar-refractivity contribution in [2.75, 3.05) is 14.1 Å². The molecule has 0 heterocycles. The summed E-state index contributed by atoms with van der Waals surface area (Å²) in [5.41, 5.74) is -0.0683. The standard InChI is InChI=1S/C10H21N2/c1-5-6-7-8-9-10(2,11-3)12-4/h8-9,11-12H,1,5-7H2,2-4H3/b9-8+. The van der Waals surface area contributed by atoms with Crippen LogP contribution in [0.15, 0.2) is 12.2 Å². The van der Waals surface area contributed by atoms with Gasteiger partial charge in [-0.3, -0.25) is 10.6 Å². The van der Waals surface area contributed by atoms with E-state index in [1.54, 1.807) is 0 Å². The van der Waals surface area contributed by atoms with Crippen molar-refractivity contribution in [3.63, 3.8) is 0 Å². The SMILES string of the molecule is [CH2]CCC/C=C/C(C)(NC)NC. The van der Waals surface area contributed by atoms with Crippen LogP contribution in [0.1, 0.15) is 26.2 Å². The van der Waals surface area contributed by atoms with Crippen LogP contribution < -0.4 is 10.6 Å². The summed E-state index contributed by atoms with van der Waals surface area (Å²) in [6.07, 6.45) is 7.64. The molecule has 0 bridgehead atoms. The van der Waals surface area contributed by atoms with Crippen LogP contribution in [-0.4, -0.2) is 19.8 Å². The van der Waals surface area contributed by atoms with Crippen molar-refractivity contribution in [2.24, 2.45) is 0 Å². The number of unbranched alkanes of at least 4 members (excludes halogenated alkanes) is 2. The molecule has 2 heteroatoms. The Morgan fingerprint density at radius 1 is 1.33 bits per heavy atom. The molecule has 0 spiro atoms. The molecule has 0 aromatic carbocycles. The van der Waals surface area contributed by atoms with Gasteiger partial charge in [0, 0.05) is 0 Å². The maximum Gasteiger partial charge on any atom is 0.0844 e. The summed E-state index contributed by atoms with van der Waals surface area (Å²) in [5, 5.41) is 6.38. The molecule has 0 atom stereocenters. The topological polar surface area (TPSA) is 24.1 Å². The summed E-state index contributed by atoms with van der Waals surface area (Å²) in [4.78, 5) is 0. The first-order chi connectivity index (χ1) is 5.68. The maximum absolute atomic E-state index is 3.79. The monoisotopic (exact) mass is 169 g/mol. The van der Waals surface area contributed by atoms with Crippen molar-refractivity contribution in [1.29, 1.82) is 0 Å². The van der Waals surface area contributed by atoms with Gasteiger partial charge < -0.3 is 0 Å². The predicted octanol–water partition coefficient (Wildman–Crippen LogP) is 1.70. The zero-order chi connectivity index (χ0) is 9.45. The van der Waals surface area contributed by atoms with Crippen LogP contribution >= 0.6 is 0 Å². The molecule has 71 valence electrons. The normalized spacial score (nSPS) is 12.7. The molecule has 2 nitrogen and oxygen atoms in total. The van der Waals surface area contributed by atoms with Gasteiger partial charge in [-0.05, 0) is 33.9 Å². The lowest BCUT2D eigenvalue weighted by atomic mass is 10.1. The van der Waals surface area contributed by atoms with Crippen molar-refractivity contribution in [1.82, 2.24) is 10.6 Å². The Balaban J connectivity index is 3.76. The van der Waals surface area contributed by atoms with E-state index in [1.165, 1.54) is 6.42 Å². The van der Waals surface area contributed by atoms with Gasteiger partial charge in [-0.15, -0.1) is 0 Å². The number of likely N-dealkylation sites (N-methyl/N-ethyl adjacent to an activating group) is 2. The molecule has 0 unspecified atom stereocenters. The van der Waals surface area contributed by atoms with E-state index in [2.05, 4.69) is 36.6 Å². The van der Waals surface area contributed by atoms with Gasteiger partial charge in [-0.1, -0.05) is 25.5 Å². The highest BCUT2D eigenvalue weighted by Crippen LogP contribution is 2.02. The average molecular weight is 169 g/mol. The second kappa shape index (κ2) is 6.21. The first-order valence-corrected chi connectivity index (χ1v) is 4.53. The van der Waals surface area contributed by atoms with Crippen molar-refractivity contribution in [3.05, 3.63) is 19.1 Å². The Morgan fingerprint density at radius 3 is 2.33 bits per heavy atom. The zero-order valence-electron chi connectivity index (χ0n) is 8.48. The third kappa shape index (κ3) is 4.52. The first kappa shape index (κ1) is 11.7. The number of allylic oxidation sites excluding steroid dienone is 1. The van der Waals surface area contributed by atoms with E-state index >= 15 is 0 Å². The Hall–Kier alpha value is -0.340. The number of nitrogens with one attached hydrogen (secondary N) is 2. The van der Waals surface area contributed by atoms with E-state index in [0.29, 0.717) is 0 Å². The molecule has 0 aliphatic rings. The Kier molecular flexibility index (Phi) is 6.03. The van der Waals surface area contributed by atoms with Crippen molar-refractivity contribution in [2.45, 2.75) is 31.8 Å². The van der Waals surface area contributed by atoms with E-state index in [4.69, 9.17) is 0 Å². The summed E-state index contributed by atoms with van der Waals surface area (Å²) in [7, 11) is 3.89. The summed E-state index contributed by atoms with van der Waals surface area (Å²) in [5.74, 6) is 0. The van der Waals surface area contributed by atoms with Crippen LogP contribution in [0.2, 0.25) is 0 Å². The van der Waals surface area contributed by atoms with Gasteiger partial charge in [-0.25, -0.2) is 0 Å². The average Bonchev–Trinajstić information content (AvgIpc) is 2.12. The first-order valence-electron chi connectivity index (χ1n) is 4.53. The molecule has 0 fully saturated rings. The molecule has 0 aromatic heterocycles. The summed E-state index contributed by atoms with van der Waals surface area (Å²) in [6.45, 7) is 5.90. The van der Waals surface area contributed by atoms with E-state index in [0.717, 1.165) is 12.8 Å². The second-order valence-electron chi connectivity index (χ2n) is 3.10. The van der Waals surface area contributed by atoms with Crippen LogP contribution in [0.4, 0.5) is 0 Å². The molecule has 0 aliphatic heterocycles. The summed E-state index contributed by atoms with van der Waals surface area (Å²) < 4.78 is 0. The summed E-state index contributed by atoms with van der Waals surface area (Å²) in [6, 6.07) is 0. The summed E-state index contributed by atoms with van der Waals surface area (Å²) >= 11 is 0. The van der Waals surface area contributed by atoms with Crippen LogP contribution in [0.3, 0.4) is 0 Å². The van der Waals surface area contributed by atoms with Crippen LogP contribution in [0.25, 0.3) is 0 Å². The molecular weight excluding hydrogens is 148 g/mol. The Labute approximate surface area is 76.4 Å². The fourth-order valence-electron chi connectivity index (χ4n) is 0.873. The number of rotatable bonds is 6. The molecule has 0 amide bonds. The van der Waals surface area contributed by atoms with Gasteiger partial charge in [0.15, 0.2) is 0 Å². The van der Waals surface area contributed by atoms with Gasteiger partial charge >= 0.3 is 0 Å². The van der Waals surface area contributed by atoms with Gasteiger partial charge in [0.1, 0.15) is 0 Å². The third-order valence-electron chi connectivity index (χ3n) is 2.11. The lowest BCUT2D eigenvalue weighted by Gasteiger charge is -2.24. The lowest BCUT2D eigenvalue weighted by Crippen LogP contribution is -2.49. The molecule has 0 aromatic rings. The van der Waals surface area contributed by atoms with Gasteiger partial charge in [-0.2, -0.15) is 0 Å². The van der Waals surface area contributed by atoms with Crippen molar-refractivity contribution < 1.29 is 0 Å². The molecular formula is C10H21N2.